The van der Waals surface area contributed by atoms with Crippen molar-refractivity contribution in [2.45, 2.75) is 33.2 Å². The molecule has 0 fully saturated rings. The number of nitrogens with zero attached hydrogens (tertiary/aromatic N) is 1. The van der Waals surface area contributed by atoms with Gasteiger partial charge in [0.1, 0.15) is 5.78 Å². The summed E-state index contributed by atoms with van der Waals surface area (Å²) in [5.74, 6) is -0.160. The van der Waals surface area contributed by atoms with Crippen molar-refractivity contribution in [3.63, 3.8) is 0 Å². The molecular formula is C14H19NO2. The Morgan fingerprint density at radius 2 is 1.82 bits per heavy atom. The predicted octanol–water partition coefficient (Wildman–Crippen LogP) is 2.40. The van der Waals surface area contributed by atoms with Crippen molar-refractivity contribution >= 4 is 11.7 Å². The summed E-state index contributed by atoms with van der Waals surface area (Å²) in [7, 11) is 0. The lowest BCUT2D eigenvalue weighted by Crippen LogP contribution is -2.32. The van der Waals surface area contributed by atoms with Gasteiger partial charge in [-0.15, -0.1) is 0 Å². The van der Waals surface area contributed by atoms with E-state index in [1.54, 1.807) is 4.90 Å². The molecule has 17 heavy (non-hydrogen) atoms. The van der Waals surface area contributed by atoms with E-state index in [1.807, 2.05) is 37.3 Å². The van der Waals surface area contributed by atoms with Crippen molar-refractivity contribution < 1.29 is 9.59 Å². The molecule has 0 radical (unpaired) electrons. The lowest BCUT2D eigenvalue weighted by molar-refractivity contribution is -0.135. The third-order valence-electron chi connectivity index (χ3n) is 2.46. The fourth-order valence-corrected chi connectivity index (χ4v) is 1.69. The zero-order valence-corrected chi connectivity index (χ0v) is 10.5. The highest BCUT2D eigenvalue weighted by Crippen LogP contribution is 2.07. The fraction of sp³-hybridized carbons (Fsp3) is 0.429. The van der Waals surface area contributed by atoms with Crippen LogP contribution in [0.4, 0.5) is 0 Å². The zero-order valence-electron chi connectivity index (χ0n) is 10.5. The summed E-state index contributed by atoms with van der Waals surface area (Å²) in [5.41, 5.74) is 1.10. The average Bonchev–Trinajstić information content (AvgIpc) is 2.29. The summed E-state index contributed by atoms with van der Waals surface area (Å²) < 4.78 is 0. The zero-order chi connectivity index (χ0) is 12.7. The summed E-state index contributed by atoms with van der Waals surface area (Å²) in [6.45, 7) is 4.76. The van der Waals surface area contributed by atoms with Crippen molar-refractivity contribution in [3.8, 4) is 0 Å². The van der Waals surface area contributed by atoms with E-state index in [2.05, 4.69) is 0 Å². The van der Waals surface area contributed by atoms with E-state index < -0.39 is 0 Å². The van der Waals surface area contributed by atoms with Gasteiger partial charge >= 0.3 is 0 Å². The molecule has 92 valence electrons. The number of Topliss-reactive ketones (excluding diaryl/α,β-unsaturated/α-hetero) is 1. The lowest BCUT2D eigenvalue weighted by atomic mass is 10.2. The average molecular weight is 233 g/mol. The number of rotatable bonds is 6. The SMILES string of the molecule is CCCN(Cc1ccccc1)C(=O)CC(C)=O. The van der Waals surface area contributed by atoms with Crippen LogP contribution in [-0.4, -0.2) is 23.1 Å². The summed E-state index contributed by atoms with van der Waals surface area (Å²) >= 11 is 0. The first-order valence-corrected chi connectivity index (χ1v) is 5.94. The second kappa shape index (κ2) is 6.84. The smallest absolute Gasteiger partial charge is 0.230 e. The number of carbonyl (C=O) groups excluding carboxylic acids is 2. The minimum atomic E-state index is -0.0804. The van der Waals surface area contributed by atoms with Gasteiger partial charge < -0.3 is 4.90 Å². The topological polar surface area (TPSA) is 37.4 Å². The molecule has 1 rings (SSSR count). The molecule has 0 saturated carbocycles. The third kappa shape index (κ3) is 4.81. The summed E-state index contributed by atoms with van der Waals surface area (Å²) in [6, 6.07) is 9.84. The minimum absolute atomic E-state index is 0.00678. The maximum Gasteiger partial charge on any atom is 0.230 e. The van der Waals surface area contributed by atoms with Gasteiger partial charge in [-0.05, 0) is 18.9 Å². The van der Waals surface area contributed by atoms with Crippen molar-refractivity contribution in [2.24, 2.45) is 0 Å². The molecule has 3 heteroatoms. The van der Waals surface area contributed by atoms with Gasteiger partial charge in [0.25, 0.3) is 0 Å². The molecule has 0 unspecified atom stereocenters. The van der Waals surface area contributed by atoms with Crippen LogP contribution in [0.3, 0.4) is 0 Å². The van der Waals surface area contributed by atoms with Gasteiger partial charge in [0, 0.05) is 13.1 Å². The molecule has 0 spiro atoms. The monoisotopic (exact) mass is 233 g/mol. The molecule has 0 atom stereocenters. The van der Waals surface area contributed by atoms with Crippen molar-refractivity contribution in [3.05, 3.63) is 35.9 Å². The highest BCUT2D eigenvalue weighted by molar-refractivity contribution is 5.96. The quantitative estimate of drug-likeness (QED) is 0.707. The number of ketones is 1. The fourth-order valence-electron chi connectivity index (χ4n) is 1.69. The molecule has 3 nitrogen and oxygen atoms in total. The number of hydrogen-bond acceptors (Lipinski definition) is 2. The minimum Gasteiger partial charge on any atom is -0.338 e. The van der Waals surface area contributed by atoms with Gasteiger partial charge in [0.2, 0.25) is 5.91 Å². The summed E-state index contributed by atoms with van der Waals surface area (Å²) in [4.78, 5) is 24.6. The van der Waals surface area contributed by atoms with Crippen LogP contribution < -0.4 is 0 Å². The predicted molar refractivity (Wildman–Crippen MR) is 67.4 cm³/mol. The Bertz CT molecular complexity index is 373. The van der Waals surface area contributed by atoms with Gasteiger partial charge in [-0.2, -0.15) is 0 Å². The Labute approximate surface area is 102 Å². The maximum atomic E-state index is 11.9. The maximum absolute atomic E-state index is 11.9. The Hall–Kier alpha value is -1.64. The highest BCUT2D eigenvalue weighted by Gasteiger charge is 2.14. The first kappa shape index (κ1) is 13.4. The Morgan fingerprint density at radius 3 is 2.35 bits per heavy atom. The lowest BCUT2D eigenvalue weighted by Gasteiger charge is -2.21. The highest BCUT2D eigenvalue weighted by atomic mass is 16.2. The molecule has 1 amide bonds. The molecule has 0 aliphatic heterocycles. The van der Waals surface area contributed by atoms with E-state index in [0.717, 1.165) is 12.0 Å². The van der Waals surface area contributed by atoms with E-state index in [0.29, 0.717) is 13.1 Å². The second-order valence-corrected chi connectivity index (χ2v) is 4.18. The molecule has 1 aromatic carbocycles. The third-order valence-corrected chi connectivity index (χ3v) is 2.46. The van der Waals surface area contributed by atoms with Crippen LogP contribution in [0, 0.1) is 0 Å². The van der Waals surface area contributed by atoms with Gasteiger partial charge in [-0.25, -0.2) is 0 Å². The van der Waals surface area contributed by atoms with Crippen LogP contribution in [0.15, 0.2) is 30.3 Å². The molecule has 0 saturated heterocycles. The van der Waals surface area contributed by atoms with E-state index in [-0.39, 0.29) is 18.1 Å². The first-order valence-electron chi connectivity index (χ1n) is 5.94. The Kier molecular flexibility index (Phi) is 5.40. The summed E-state index contributed by atoms with van der Waals surface area (Å²) in [6.07, 6.45) is 0.906. The van der Waals surface area contributed by atoms with E-state index >= 15 is 0 Å². The molecule has 0 N–H and O–H groups in total. The normalized spacial score (nSPS) is 10.0. The molecule has 1 aromatic rings. The van der Waals surface area contributed by atoms with Crippen LogP contribution >= 0.6 is 0 Å². The van der Waals surface area contributed by atoms with Crippen LogP contribution in [0.1, 0.15) is 32.3 Å². The number of benzene rings is 1. The molecule has 0 aliphatic carbocycles. The molecular weight excluding hydrogens is 214 g/mol. The standard InChI is InChI=1S/C14H19NO2/c1-3-9-15(14(17)10-12(2)16)11-13-7-5-4-6-8-13/h4-8H,3,9-11H2,1-2H3. The molecule has 0 aliphatic rings. The van der Waals surface area contributed by atoms with Crippen molar-refractivity contribution in [1.29, 1.82) is 0 Å². The van der Waals surface area contributed by atoms with Gasteiger partial charge in [0.15, 0.2) is 0 Å². The van der Waals surface area contributed by atoms with E-state index in [9.17, 15) is 9.59 Å². The number of amides is 1. The van der Waals surface area contributed by atoms with Gasteiger partial charge in [0.05, 0.1) is 6.42 Å². The Morgan fingerprint density at radius 1 is 1.18 bits per heavy atom. The number of hydrogen-bond donors (Lipinski definition) is 0. The van der Waals surface area contributed by atoms with Crippen molar-refractivity contribution in [2.75, 3.05) is 6.54 Å². The van der Waals surface area contributed by atoms with Crippen LogP contribution in [0.2, 0.25) is 0 Å². The number of carbonyl (C=O) groups is 2. The van der Waals surface area contributed by atoms with E-state index in [4.69, 9.17) is 0 Å². The van der Waals surface area contributed by atoms with Crippen LogP contribution in [-0.2, 0) is 16.1 Å². The second-order valence-electron chi connectivity index (χ2n) is 4.18. The van der Waals surface area contributed by atoms with Crippen molar-refractivity contribution in [1.82, 2.24) is 4.90 Å². The first-order chi connectivity index (χ1) is 8.13. The molecule has 0 bridgehead atoms. The summed E-state index contributed by atoms with van der Waals surface area (Å²) in [5, 5.41) is 0. The largest absolute Gasteiger partial charge is 0.338 e. The Balaban J connectivity index is 2.66. The molecule has 0 heterocycles. The molecule has 0 aromatic heterocycles. The van der Waals surface area contributed by atoms with Crippen LogP contribution in [0.25, 0.3) is 0 Å². The van der Waals surface area contributed by atoms with Gasteiger partial charge in [-0.1, -0.05) is 37.3 Å². The van der Waals surface area contributed by atoms with E-state index in [1.165, 1.54) is 6.92 Å². The van der Waals surface area contributed by atoms with Gasteiger partial charge in [-0.3, -0.25) is 9.59 Å². The van der Waals surface area contributed by atoms with Crippen LogP contribution in [0.5, 0.6) is 0 Å².